The molecule has 4 aromatic rings. The SMILES string of the molecule is COc1ccc(C=CC(=O)c2cc(Cc3ccc(O)c(C(=O)C=Cc4ccc(OC)cc4)c3)ccc2O)cc1. The van der Waals surface area contributed by atoms with E-state index in [4.69, 9.17) is 9.47 Å². The Bertz CT molecular complexity index is 1410. The Balaban J connectivity index is 1.49. The van der Waals surface area contributed by atoms with Gasteiger partial charge in [0.2, 0.25) is 0 Å². The predicted molar refractivity (Wildman–Crippen MR) is 152 cm³/mol. The summed E-state index contributed by atoms with van der Waals surface area (Å²) in [5, 5.41) is 20.6. The van der Waals surface area contributed by atoms with Gasteiger partial charge in [0.25, 0.3) is 0 Å². The van der Waals surface area contributed by atoms with E-state index in [-0.39, 0.29) is 34.2 Å². The number of carbonyl (C=O) groups excluding carboxylic acids is 2. The molecule has 0 radical (unpaired) electrons. The van der Waals surface area contributed by atoms with Crippen molar-refractivity contribution in [1.29, 1.82) is 0 Å². The molecule has 0 aliphatic rings. The minimum atomic E-state index is -0.338. The van der Waals surface area contributed by atoms with Gasteiger partial charge in [-0.15, -0.1) is 0 Å². The zero-order chi connectivity index (χ0) is 27.8. The van der Waals surface area contributed by atoms with Gasteiger partial charge in [-0.3, -0.25) is 9.59 Å². The van der Waals surface area contributed by atoms with Gasteiger partial charge >= 0.3 is 0 Å². The number of hydrogen-bond donors (Lipinski definition) is 2. The summed E-state index contributed by atoms with van der Waals surface area (Å²) < 4.78 is 10.3. The summed E-state index contributed by atoms with van der Waals surface area (Å²) in [6.45, 7) is 0. The van der Waals surface area contributed by atoms with Crippen molar-refractivity contribution in [3.63, 3.8) is 0 Å². The molecule has 0 heterocycles. The van der Waals surface area contributed by atoms with E-state index in [1.165, 1.54) is 24.3 Å². The molecule has 0 saturated heterocycles. The maximum Gasteiger partial charge on any atom is 0.189 e. The van der Waals surface area contributed by atoms with Crippen LogP contribution < -0.4 is 9.47 Å². The number of rotatable bonds is 10. The van der Waals surface area contributed by atoms with Crippen LogP contribution in [0.15, 0.2) is 97.1 Å². The lowest BCUT2D eigenvalue weighted by Crippen LogP contribution is -2.00. The number of allylic oxidation sites excluding steroid dienone is 2. The summed E-state index contributed by atoms with van der Waals surface area (Å²) in [5.41, 5.74) is 3.53. The van der Waals surface area contributed by atoms with Crippen LogP contribution in [0, 0.1) is 0 Å². The van der Waals surface area contributed by atoms with Crippen molar-refractivity contribution in [1.82, 2.24) is 0 Å². The average Bonchev–Trinajstić information content (AvgIpc) is 2.97. The molecule has 6 heteroatoms. The molecule has 0 atom stereocenters. The van der Waals surface area contributed by atoms with E-state index in [0.717, 1.165) is 33.8 Å². The molecule has 0 aliphatic heterocycles. The molecule has 0 saturated carbocycles. The number of carbonyl (C=O) groups is 2. The van der Waals surface area contributed by atoms with E-state index in [2.05, 4.69) is 0 Å². The molecular formula is C33H28O6. The summed E-state index contributed by atoms with van der Waals surface area (Å²) in [7, 11) is 3.17. The maximum atomic E-state index is 12.8. The summed E-state index contributed by atoms with van der Waals surface area (Å²) in [5.74, 6) is 0.528. The second kappa shape index (κ2) is 12.4. The van der Waals surface area contributed by atoms with E-state index < -0.39 is 0 Å². The van der Waals surface area contributed by atoms with E-state index in [1.807, 2.05) is 24.3 Å². The van der Waals surface area contributed by atoms with Gasteiger partial charge in [-0.05, 0) is 89.4 Å². The molecule has 39 heavy (non-hydrogen) atoms. The summed E-state index contributed by atoms with van der Waals surface area (Å²) in [6.07, 6.45) is 6.56. The first-order valence-electron chi connectivity index (χ1n) is 12.2. The highest BCUT2D eigenvalue weighted by atomic mass is 16.5. The van der Waals surface area contributed by atoms with E-state index in [1.54, 1.807) is 74.9 Å². The molecule has 196 valence electrons. The Morgan fingerprint density at radius 3 is 1.36 bits per heavy atom. The highest BCUT2D eigenvalue weighted by molar-refractivity contribution is 6.09. The molecule has 0 unspecified atom stereocenters. The number of benzene rings is 4. The Morgan fingerprint density at radius 1 is 0.615 bits per heavy atom. The first kappa shape index (κ1) is 26.9. The zero-order valence-corrected chi connectivity index (χ0v) is 21.6. The molecule has 4 aromatic carbocycles. The molecule has 6 nitrogen and oxygen atoms in total. The first-order valence-corrected chi connectivity index (χ1v) is 12.2. The van der Waals surface area contributed by atoms with Gasteiger partial charge in [-0.2, -0.15) is 0 Å². The monoisotopic (exact) mass is 520 g/mol. The van der Waals surface area contributed by atoms with E-state index >= 15 is 0 Å². The van der Waals surface area contributed by atoms with Crippen LogP contribution >= 0.6 is 0 Å². The van der Waals surface area contributed by atoms with Crippen molar-refractivity contribution < 1.29 is 29.3 Å². The molecular weight excluding hydrogens is 492 g/mol. The number of ether oxygens (including phenoxy) is 2. The molecule has 0 fully saturated rings. The molecule has 2 N–H and O–H groups in total. The number of methoxy groups -OCH3 is 2. The van der Waals surface area contributed by atoms with E-state index in [9.17, 15) is 19.8 Å². The normalized spacial score (nSPS) is 11.1. The number of hydrogen-bond acceptors (Lipinski definition) is 6. The van der Waals surface area contributed by atoms with Crippen LogP contribution in [-0.4, -0.2) is 36.0 Å². The molecule has 0 aliphatic carbocycles. The smallest absolute Gasteiger partial charge is 0.189 e. The standard InChI is InChI=1S/C33H28O6/c1-38-26-11-3-22(4-12-26)7-15-30(34)28-20-24(9-17-32(28)36)19-25-10-18-33(37)29(21-25)31(35)16-8-23-5-13-27(39-2)14-6-23/h3-18,20-21,36-37H,19H2,1-2H3. The lowest BCUT2D eigenvalue weighted by atomic mass is 9.97. The van der Waals surface area contributed by atoms with Crippen LogP contribution in [0.25, 0.3) is 12.2 Å². The molecule has 0 amide bonds. The van der Waals surface area contributed by atoms with Gasteiger partial charge < -0.3 is 19.7 Å². The third-order valence-electron chi connectivity index (χ3n) is 6.15. The van der Waals surface area contributed by atoms with Crippen LogP contribution in [0.4, 0.5) is 0 Å². The second-order valence-electron chi connectivity index (χ2n) is 8.82. The molecule has 4 rings (SSSR count). The Labute approximate surface area is 227 Å². The summed E-state index contributed by atoms with van der Waals surface area (Å²) in [4.78, 5) is 25.6. The molecule has 0 spiro atoms. The van der Waals surface area contributed by atoms with Crippen LogP contribution in [0.2, 0.25) is 0 Å². The topological polar surface area (TPSA) is 93.1 Å². The van der Waals surface area contributed by atoms with Crippen LogP contribution in [0.3, 0.4) is 0 Å². The number of aromatic hydroxyl groups is 2. The minimum Gasteiger partial charge on any atom is -0.507 e. The Morgan fingerprint density at radius 2 is 1.00 bits per heavy atom. The van der Waals surface area contributed by atoms with Crippen molar-refractivity contribution >= 4 is 23.7 Å². The van der Waals surface area contributed by atoms with Crippen molar-refractivity contribution in [2.45, 2.75) is 6.42 Å². The number of phenolic OH excluding ortho intramolecular Hbond substituents is 2. The minimum absolute atomic E-state index is 0.117. The van der Waals surface area contributed by atoms with E-state index in [0.29, 0.717) is 6.42 Å². The number of phenols is 2. The highest BCUT2D eigenvalue weighted by Crippen LogP contribution is 2.25. The lowest BCUT2D eigenvalue weighted by molar-refractivity contribution is 0.103. The van der Waals surface area contributed by atoms with Crippen molar-refractivity contribution in [2.24, 2.45) is 0 Å². The fraction of sp³-hybridized carbons (Fsp3) is 0.0909. The molecule has 0 aromatic heterocycles. The second-order valence-corrected chi connectivity index (χ2v) is 8.82. The number of ketones is 2. The van der Waals surface area contributed by atoms with Gasteiger partial charge in [0.1, 0.15) is 23.0 Å². The summed E-state index contributed by atoms with van der Waals surface area (Å²) >= 11 is 0. The van der Waals surface area contributed by atoms with Crippen molar-refractivity contribution in [3.05, 3.63) is 130 Å². The molecule has 0 bridgehead atoms. The van der Waals surface area contributed by atoms with Crippen molar-refractivity contribution in [3.8, 4) is 23.0 Å². The first-order chi connectivity index (χ1) is 18.9. The Hall–Kier alpha value is -5.10. The third kappa shape index (κ3) is 7.02. The average molecular weight is 521 g/mol. The Kier molecular flexibility index (Phi) is 8.59. The quantitative estimate of drug-likeness (QED) is 0.183. The maximum absolute atomic E-state index is 12.8. The van der Waals surface area contributed by atoms with Gasteiger partial charge in [0.05, 0.1) is 25.3 Å². The van der Waals surface area contributed by atoms with Gasteiger partial charge in [0, 0.05) is 0 Å². The predicted octanol–water partition coefficient (Wildman–Crippen LogP) is 6.50. The third-order valence-corrected chi connectivity index (χ3v) is 6.15. The fourth-order valence-electron chi connectivity index (χ4n) is 3.97. The van der Waals surface area contributed by atoms with Gasteiger partial charge in [0.15, 0.2) is 11.6 Å². The van der Waals surface area contributed by atoms with Crippen LogP contribution in [0.1, 0.15) is 43.0 Å². The lowest BCUT2D eigenvalue weighted by Gasteiger charge is -2.08. The highest BCUT2D eigenvalue weighted by Gasteiger charge is 2.13. The fourth-order valence-corrected chi connectivity index (χ4v) is 3.97. The van der Waals surface area contributed by atoms with Gasteiger partial charge in [-0.25, -0.2) is 0 Å². The largest absolute Gasteiger partial charge is 0.507 e. The summed E-state index contributed by atoms with van der Waals surface area (Å²) in [6, 6.07) is 24.2. The zero-order valence-electron chi connectivity index (χ0n) is 21.6. The van der Waals surface area contributed by atoms with Crippen LogP contribution in [-0.2, 0) is 6.42 Å². The van der Waals surface area contributed by atoms with Gasteiger partial charge in [-0.1, -0.05) is 48.6 Å². The van der Waals surface area contributed by atoms with Crippen LogP contribution in [0.5, 0.6) is 23.0 Å². The van der Waals surface area contributed by atoms with Crippen molar-refractivity contribution in [2.75, 3.05) is 14.2 Å².